The van der Waals surface area contributed by atoms with E-state index >= 15 is 0 Å². The molecule has 0 aromatic carbocycles. The normalized spacial score (nSPS) is 10.9. The van der Waals surface area contributed by atoms with Gasteiger partial charge in [0.15, 0.2) is 5.96 Å². The van der Waals surface area contributed by atoms with Crippen molar-refractivity contribution >= 4 is 52.9 Å². The Morgan fingerprint density at radius 1 is 1.29 bits per heavy atom. The minimum atomic E-state index is 0. The quantitative estimate of drug-likeness (QED) is 0.429. The number of hydrogen-bond donors (Lipinski definition) is 2. The zero-order chi connectivity index (χ0) is 14.2. The highest BCUT2D eigenvalue weighted by atomic mass is 127. The van der Waals surface area contributed by atoms with Gasteiger partial charge in [0.05, 0.1) is 16.6 Å². The van der Waals surface area contributed by atoms with Crippen molar-refractivity contribution in [1.82, 2.24) is 15.6 Å². The number of thiophene rings is 1. The summed E-state index contributed by atoms with van der Waals surface area (Å²) in [5, 5.41) is 6.50. The third kappa shape index (κ3) is 6.62. The molecule has 114 valence electrons. The van der Waals surface area contributed by atoms with Crippen molar-refractivity contribution in [2.24, 2.45) is 4.99 Å². The summed E-state index contributed by atoms with van der Waals surface area (Å²) in [5.74, 6) is 0.776. The van der Waals surface area contributed by atoms with Crippen LogP contribution in [-0.2, 0) is 13.0 Å². The van der Waals surface area contributed by atoms with Crippen molar-refractivity contribution < 1.29 is 0 Å². The molecular formula is C14H18ClIN4S. The molecule has 0 amide bonds. The highest BCUT2D eigenvalue weighted by Crippen LogP contribution is 2.21. The van der Waals surface area contributed by atoms with Crippen molar-refractivity contribution in [3.63, 3.8) is 0 Å². The number of halogens is 2. The molecule has 7 heteroatoms. The van der Waals surface area contributed by atoms with Crippen LogP contribution in [0.1, 0.15) is 10.6 Å². The third-order valence-electron chi connectivity index (χ3n) is 2.68. The van der Waals surface area contributed by atoms with Crippen molar-refractivity contribution in [3.8, 4) is 0 Å². The summed E-state index contributed by atoms with van der Waals surface area (Å²) in [4.78, 5) is 9.71. The second-order valence-corrected chi connectivity index (χ2v) is 5.93. The smallest absolute Gasteiger partial charge is 0.191 e. The van der Waals surface area contributed by atoms with E-state index in [9.17, 15) is 0 Å². The van der Waals surface area contributed by atoms with Gasteiger partial charge in [0.2, 0.25) is 0 Å². The molecule has 0 radical (unpaired) electrons. The van der Waals surface area contributed by atoms with Crippen LogP contribution in [0.5, 0.6) is 0 Å². The van der Waals surface area contributed by atoms with Gasteiger partial charge in [0, 0.05) is 24.7 Å². The van der Waals surface area contributed by atoms with Crippen LogP contribution in [0.2, 0.25) is 4.34 Å². The molecule has 0 aliphatic rings. The van der Waals surface area contributed by atoms with Crippen LogP contribution in [0.25, 0.3) is 0 Å². The minimum absolute atomic E-state index is 0. The van der Waals surface area contributed by atoms with Crippen LogP contribution in [0.3, 0.4) is 0 Å². The zero-order valence-corrected chi connectivity index (χ0v) is 15.6. The zero-order valence-electron chi connectivity index (χ0n) is 11.7. The monoisotopic (exact) mass is 436 g/mol. The summed E-state index contributed by atoms with van der Waals surface area (Å²) in [6.45, 7) is 1.48. The molecule has 2 heterocycles. The van der Waals surface area contributed by atoms with Gasteiger partial charge in [-0.3, -0.25) is 9.98 Å². The minimum Gasteiger partial charge on any atom is -0.356 e. The highest BCUT2D eigenvalue weighted by molar-refractivity contribution is 14.0. The van der Waals surface area contributed by atoms with Crippen LogP contribution in [-0.4, -0.2) is 24.5 Å². The van der Waals surface area contributed by atoms with Gasteiger partial charge in [-0.15, -0.1) is 35.3 Å². The van der Waals surface area contributed by atoms with Crippen LogP contribution in [0.4, 0.5) is 0 Å². The van der Waals surface area contributed by atoms with Gasteiger partial charge < -0.3 is 10.6 Å². The third-order valence-corrected chi connectivity index (χ3v) is 3.97. The maximum Gasteiger partial charge on any atom is 0.191 e. The molecule has 21 heavy (non-hydrogen) atoms. The second-order valence-electron chi connectivity index (χ2n) is 4.13. The molecular weight excluding hydrogens is 419 g/mol. The van der Waals surface area contributed by atoms with Crippen molar-refractivity contribution in [1.29, 1.82) is 0 Å². The molecule has 2 rings (SSSR count). The lowest BCUT2D eigenvalue weighted by atomic mass is 10.3. The van der Waals surface area contributed by atoms with Gasteiger partial charge in [0.1, 0.15) is 0 Å². The Hall–Kier alpha value is -0.860. The van der Waals surface area contributed by atoms with E-state index in [1.54, 1.807) is 24.6 Å². The van der Waals surface area contributed by atoms with Gasteiger partial charge in [-0.2, -0.15) is 0 Å². The number of rotatable bonds is 5. The van der Waals surface area contributed by atoms with Crippen LogP contribution >= 0.6 is 46.9 Å². The lowest BCUT2D eigenvalue weighted by Crippen LogP contribution is -2.37. The number of pyridine rings is 1. The first kappa shape index (κ1) is 18.2. The van der Waals surface area contributed by atoms with Crippen LogP contribution < -0.4 is 10.6 Å². The molecule has 0 saturated carbocycles. The summed E-state index contributed by atoms with van der Waals surface area (Å²) in [6.07, 6.45) is 2.72. The fraction of sp³-hybridized carbons (Fsp3) is 0.286. The van der Waals surface area contributed by atoms with Crippen LogP contribution in [0, 0.1) is 0 Å². The number of hydrogen-bond acceptors (Lipinski definition) is 3. The van der Waals surface area contributed by atoms with E-state index in [0.29, 0.717) is 6.54 Å². The maximum absolute atomic E-state index is 5.90. The molecule has 2 aromatic heterocycles. The van der Waals surface area contributed by atoms with E-state index < -0.39 is 0 Å². The Morgan fingerprint density at radius 2 is 2.14 bits per heavy atom. The Balaban J connectivity index is 0.00000220. The molecule has 0 atom stereocenters. The summed E-state index contributed by atoms with van der Waals surface area (Å²) in [7, 11) is 1.76. The SMILES string of the molecule is CN=C(NCCc1ccc(Cl)s1)NCc1ccccn1.I. The number of nitrogens with zero attached hydrogens (tertiary/aromatic N) is 2. The molecule has 0 bridgehead atoms. The van der Waals surface area contributed by atoms with E-state index in [1.165, 1.54) is 4.88 Å². The summed E-state index contributed by atoms with van der Waals surface area (Å²) >= 11 is 7.51. The topological polar surface area (TPSA) is 49.3 Å². The van der Waals surface area contributed by atoms with Crippen molar-refractivity contribution in [2.75, 3.05) is 13.6 Å². The van der Waals surface area contributed by atoms with Crippen LogP contribution in [0.15, 0.2) is 41.5 Å². The average molecular weight is 437 g/mol. The number of guanidine groups is 1. The fourth-order valence-corrected chi connectivity index (χ4v) is 2.77. The van der Waals surface area contributed by atoms with Gasteiger partial charge in [-0.1, -0.05) is 17.7 Å². The first-order chi connectivity index (χ1) is 9.78. The van der Waals surface area contributed by atoms with Gasteiger partial charge in [-0.05, 0) is 30.7 Å². The number of nitrogens with one attached hydrogen (secondary N) is 2. The Morgan fingerprint density at radius 3 is 2.76 bits per heavy atom. The fourth-order valence-electron chi connectivity index (χ4n) is 1.69. The van der Waals surface area contributed by atoms with Crippen molar-refractivity contribution in [2.45, 2.75) is 13.0 Å². The number of aromatic nitrogens is 1. The highest BCUT2D eigenvalue weighted by Gasteiger charge is 2.01. The molecule has 0 spiro atoms. The predicted octanol–water partition coefficient (Wildman–Crippen LogP) is 3.32. The van der Waals surface area contributed by atoms with Crippen molar-refractivity contribution in [3.05, 3.63) is 51.4 Å². The standard InChI is InChI=1S/C14H17ClN4S.HI/c1-16-14(19-10-11-4-2-3-8-17-11)18-9-7-12-5-6-13(15)20-12;/h2-6,8H,7,9-10H2,1H3,(H2,16,18,19);1H. The number of aliphatic imine (C=N–C) groups is 1. The largest absolute Gasteiger partial charge is 0.356 e. The molecule has 2 aromatic rings. The molecule has 0 aliphatic heterocycles. The van der Waals surface area contributed by atoms with Gasteiger partial charge in [-0.25, -0.2) is 0 Å². The first-order valence-corrected chi connectivity index (χ1v) is 7.56. The summed E-state index contributed by atoms with van der Waals surface area (Å²) in [6, 6.07) is 9.84. The Kier molecular flexibility index (Phi) is 8.63. The molecule has 0 unspecified atom stereocenters. The molecule has 0 saturated heterocycles. The average Bonchev–Trinajstić information content (AvgIpc) is 2.89. The first-order valence-electron chi connectivity index (χ1n) is 6.36. The van der Waals surface area contributed by atoms with E-state index in [4.69, 9.17) is 11.6 Å². The summed E-state index contributed by atoms with van der Waals surface area (Å²) in [5.41, 5.74) is 0.987. The molecule has 4 nitrogen and oxygen atoms in total. The molecule has 2 N–H and O–H groups in total. The van der Waals surface area contributed by atoms with E-state index in [1.807, 2.05) is 24.3 Å². The van der Waals surface area contributed by atoms with E-state index in [2.05, 4.69) is 26.7 Å². The second kappa shape index (κ2) is 9.97. The molecule has 0 fully saturated rings. The Bertz CT molecular complexity index is 559. The summed E-state index contributed by atoms with van der Waals surface area (Å²) < 4.78 is 0.831. The molecule has 0 aliphatic carbocycles. The lowest BCUT2D eigenvalue weighted by molar-refractivity contribution is 0.787. The maximum atomic E-state index is 5.90. The predicted molar refractivity (Wildman–Crippen MR) is 101 cm³/mol. The van der Waals surface area contributed by atoms with E-state index in [0.717, 1.165) is 29.0 Å². The lowest BCUT2D eigenvalue weighted by Gasteiger charge is -2.11. The van der Waals surface area contributed by atoms with E-state index in [-0.39, 0.29) is 24.0 Å². The Labute approximate surface area is 151 Å². The van der Waals surface area contributed by atoms with Gasteiger partial charge in [0.25, 0.3) is 0 Å². The van der Waals surface area contributed by atoms with Gasteiger partial charge >= 0.3 is 0 Å².